The summed E-state index contributed by atoms with van der Waals surface area (Å²) in [5.41, 5.74) is 5.34. The van der Waals surface area contributed by atoms with Gasteiger partial charge in [0.05, 0.1) is 4.47 Å². The van der Waals surface area contributed by atoms with Crippen molar-refractivity contribution in [3.05, 3.63) is 16.0 Å². The molecule has 1 rings (SSSR count). The molecular formula is C4H4BrCl2N3. The van der Waals surface area contributed by atoms with E-state index in [0.29, 0.717) is 10.3 Å². The average Bonchev–Trinajstić information content (AvgIpc) is 1.80. The molecule has 0 unspecified atom stereocenters. The zero-order valence-electron chi connectivity index (χ0n) is 4.71. The summed E-state index contributed by atoms with van der Waals surface area (Å²) in [6.45, 7) is 0. The summed E-state index contributed by atoms with van der Waals surface area (Å²) < 4.78 is 0.659. The highest BCUT2D eigenvalue weighted by Gasteiger charge is 1.96. The van der Waals surface area contributed by atoms with Crippen molar-refractivity contribution in [3.63, 3.8) is 0 Å². The van der Waals surface area contributed by atoms with Gasteiger partial charge in [0.25, 0.3) is 0 Å². The Morgan fingerprint density at radius 1 is 1.60 bits per heavy atom. The maximum absolute atomic E-state index is 5.39. The Morgan fingerprint density at radius 3 is 2.60 bits per heavy atom. The van der Waals surface area contributed by atoms with Crippen molar-refractivity contribution in [1.82, 2.24) is 9.97 Å². The van der Waals surface area contributed by atoms with Crippen LogP contribution in [-0.2, 0) is 0 Å². The van der Waals surface area contributed by atoms with E-state index in [0.717, 1.165) is 0 Å². The molecule has 0 amide bonds. The number of hydrogen-bond donors (Lipinski definition) is 1. The van der Waals surface area contributed by atoms with Gasteiger partial charge in [0, 0.05) is 6.20 Å². The van der Waals surface area contributed by atoms with E-state index in [1.54, 1.807) is 0 Å². The van der Waals surface area contributed by atoms with Gasteiger partial charge in [-0.25, -0.2) is 4.98 Å². The second kappa shape index (κ2) is 3.95. The van der Waals surface area contributed by atoms with Crippen LogP contribution in [0.3, 0.4) is 0 Å². The average molecular weight is 245 g/mol. The maximum atomic E-state index is 5.39. The molecule has 10 heavy (non-hydrogen) atoms. The summed E-state index contributed by atoms with van der Waals surface area (Å²) in [5.74, 6) is 0.356. The molecule has 0 saturated heterocycles. The lowest BCUT2D eigenvalue weighted by atomic mass is 10.6. The lowest BCUT2D eigenvalue weighted by molar-refractivity contribution is 1.16. The molecule has 0 bridgehead atoms. The van der Waals surface area contributed by atoms with Crippen molar-refractivity contribution in [1.29, 1.82) is 0 Å². The van der Waals surface area contributed by atoms with Crippen LogP contribution in [0.1, 0.15) is 0 Å². The molecule has 0 fully saturated rings. The molecule has 0 saturated carbocycles. The molecule has 0 aliphatic rings. The normalized spacial score (nSPS) is 8.60. The standard InChI is InChI=1S/C4H3BrClN3.ClH/c5-2-1-8-4(6)9-3(2)7;/h1H,(H2,7,8,9);1H. The summed E-state index contributed by atoms with van der Waals surface area (Å²) in [6.07, 6.45) is 1.50. The molecule has 0 aliphatic heterocycles. The zero-order valence-corrected chi connectivity index (χ0v) is 7.87. The van der Waals surface area contributed by atoms with Crippen LogP contribution >= 0.6 is 39.9 Å². The molecule has 1 aromatic rings. The van der Waals surface area contributed by atoms with Gasteiger partial charge in [0.2, 0.25) is 5.28 Å². The Balaban J connectivity index is 0.000000810. The van der Waals surface area contributed by atoms with Gasteiger partial charge in [-0.3, -0.25) is 0 Å². The van der Waals surface area contributed by atoms with Crippen molar-refractivity contribution < 1.29 is 0 Å². The van der Waals surface area contributed by atoms with E-state index in [1.165, 1.54) is 6.20 Å². The number of nitrogen functional groups attached to an aromatic ring is 1. The largest absolute Gasteiger partial charge is 0.383 e. The number of aromatic nitrogens is 2. The SMILES string of the molecule is Cl.Nc1nc(Cl)ncc1Br. The number of nitrogens with two attached hydrogens (primary N) is 1. The van der Waals surface area contributed by atoms with Crippen LogP contribution in [0.4, 0.5) is 5.82 Å². The van der Waals surface area contributed by atoms with Crippen LogP contribution in [-0.4, -0.2) is 9.97 Å². The van der Waals surface area contributed by atoms with Gasteiger partial charge in [-0.1, -0.05) is 0 Å². The summed E-state index contributed by atoms with van der Waals surface area (Å²) in [5, 5.41) is 0.163. The van der Waals surface area contributed by atoms with Gasteiger partial charge >= 0.3 is 0 Å². The van der Waals surface area contributed by atoms with Crippen LogP contribution < -0.4 is 5.73 Å². The molecule has 2 N–H and O–H groups in total. The van der Waals surface area contributed by atoms with E-state index in [1.807, 2.05) is 0 Å². The van der Waals surface area contributed by atoms with Gasteiger partial charge in [0.1, 0.15) is 5.82 Å². The Labute approximate surface area is 77.5 Å². The van der Waals surface area contributed by atoms with Crippen molar-refractivity contribution in [3.8, 4) is 0 Å². The van der Waals surface area contributed by atoms with Crippen molar-refractivity contribution >= 4 is 45.8 Å². The van der Waals surface area contributed by atoms with Crippen molar-refractivity contribution in [2.75, 3.05) is 5.73 Å². The first-order valence-electron chi connectivity index (χ1n) is 2.13. The highest BCUT2D eigenvalue weighted by Crippen LogP contribution is 2.15. The van der Waals surface area contributed by atoms with E-state index in [-0.39, 0.29) is 17.7 Å². The minimum atomic E-state index is 0. The quantitative estimate of drug-likeness (QED) is 0.710. The maximum Gasteiger partial charge on any atom is 0.224 e. The molecule has 56 valence electrons. The minimum absolute atomic E-state index is 0. The van der Waals surface area contributed by atoms with Gasteiger partial charge in [0.15, 0.2) is 0 Å². The third-order valence-electron chi connectivity index (χ3n) is 0.742. The fourth-order valence-corrected chi connectivity index (χ4v) is 0.689. The first-order valence-corrected chi connectivity index (χ1v) is 3.31. The van der Waals surface area contributed by atoms with Gasteiger partial charge in [-0.05, 0) is 27.5 Å². The third kappa shape index (κ3) is 2.28. The molecule has 3 nitrogen and oxygen atoms in total. The van der Waals surface area contributed by atoms with Crippen molar-refractivity contribution in [2.45, 2.75) is 0 Å². The van der Waals surface area contributed by atoms with Crippen LogP contribution in [0, 0.1) is 0 Å². The first-order chi connectivity index (χ1) is 4.20. The second-order valence-corrected chi connectivity index (χ2v) is 2.56. The Morgan fingerprint density at radius 2 is 2.20 bits per heavy atom. The first kappa shape index (κ1) is 9.94. The minimum Gasteiger partial charge on any atom is -0.383 e. The summed E-state index contributed by atoms with van der Waals surface area (Å²) >= 11 is 8.51. The molecule has 0 atom stereocenters. The Hall–Kier alpha value is -0.0600. The highest BCUT2D eigenvalue weighted by molar-refractivity contribution is 9.10. The van der Waals surface area contributed by atoms with Gasteiger partial charge < -0.3 is 5.73 Å². The number of rotatable bonds is 0. The van der Waals surface area contributed by atoms with E-state index in [4.69, 9.17) is 17.3 Å². The van der Waals surface area contributed by atoms with Gasteiger partial charge in [-0.15, -0.1) is 12.4 Å². The molecule has 1 aromatic heterocycles. The number of anilines is 1. The zero-order chi connectivity index (χ0) is 6.85. The number of nitrogens with zero attached hydrogens (tertiary/aromatic N) is 2. The van der Waals surface area contributed by atoms with Gasteiger partial charge in [-0.2, -0.15) is 4.98 Å². The van der Waals surface area contributed by atoms with E-state index in [9.17, 15) is 0 Å². The predicted octanol–water partition coefficient (Wildman–Crippen LogP) is 1.90. The molecule has 6 heteroatoms. The van der Waals surface area contributed by atoms with E-state index < -0.39 is 0 Å². The van der Waals surface area contributed by atoms with E-state index in [2.05, 4.69) is 25.9 Å². The molecule has 0 aromatic carbocycles. The lowest BCUT2D eigenvalue weighted by Crippen LogP contribution is -1.92. The fraction of sp³-hybridized carbons (Fsp3) is 0. The smallest absolute Gasteiger partial charge is 0.224 e. The summed E-state index contributed by atoms with van der Waals surface area (Å²) in [7, 11) is 0. The topological polar surface area (TPSA) is 51.8 Å². The number of hydrogen-bond acceptors (Lipinski definition) is 3. The summed E-state index contributed by atoms with van der Waals surface area (Å²) in [6, 6.07) is 0. The predicted molar refractivity (Wildman–Crippen MR) is 46.4 cm³/mol. The highest BCUT2D eigenvalue weighted by atomic mass is 79.9. The van der Waals surface area contributed by atoms with E-state index >= 15 is 0 Å². The van der Waals surface area contributed by atoms with Crippen LogP contribution in [0.2, 0.25) is 5.28 Å². The summed E-state index contributed by atoms with van der Waals surface area (Å²) in [4.78, 5) is 7.33. The lowest BCUT2D eigenvalue weighted by Gasteiger charge is -1.93. The second-order valence-electron chi connectivity index (χ2n) is 1.37. The Bertz CT molecular complexity index is 230. The number of halogens is 3. The van der Waals surface area contributed by atoms with Crippen LogP contribution in [0.25, 0.3) is 0 Å². The fourth-order valence-electron chi connectivity index (χ4n) is 0.358. The third-order valence-corrected chi connectivity index (χ3v) is 1.53. The van der Waals surface area contributed by atoms with Crippen molar-refractivity contribution in [2.24, 2.45) is 0 Å². The van der Waals surface area contributed by atoms with Crippen LogP contribution in [0.15, 0.2) is 10.7 Å². The Kier molecular flexibility index (Phi) is 3.93. The molecule has 0 aliphatic carbocycles. The molecule has 0 radical (unpaired) electrons. The molecule has 1 heterocycles. The monoisotopic (exact) mass is 243 g/mol. The van der Waals surface area contributed by atoms with Crippen LogP contribution in [0.5, 0.6) is 0 Å². The molecular weight excluding hydrogens is 241 g/mol. The molecule has 0 spiro atoms.